The molecule has 0 aliphatic rings. The molecular formula is C12H11NO3. The molecule has 0 spiro atoms. The minimum atomic E-state index is -1.02. The Kier molecular flexibility index (Phi) is 2.27. The lowest BCUT2D eigenvalue weighted by atomic mass is 10.1. The van der Waals surface area contributed by atoms with E-state index < -0.39 is 5.97 Å². The van der Waals surface area contributed by atoms with E-state index in [0.717, 1.165) is 10.9 Å². The molecule has 0 unspecified atom stereocenters. The molecule has 0 atom stereocenters. The van der Waals surface area contributed by atoms with Gasteiger partial charge in [-0.25, -0.2) is 4.79 Å². The highest BCUT2D eigenvalue weighted by Gasteiger charge is 2.08. The van der Waals surface area contributed by atoms with Crippen molar-refractivity contribution in [1.29, 1.82) is 0 Å². The topological polar surface area (TPSA) is 59.3 Å². The van der Waals surface area contributed by atoms with Crippen LogP contribution >= 0.6 is 0 Å². The first-order valence-electron chi connectivity index (χ1n) is 4.84. The van der Waals surface area contributed by atoms with Gasteiger partial charge in [-0.2, -0.15) is 0 Å². The van der Waals surface area contributed by atoms with Crippen LogP contribution in [0.2, 0.25) is 0 Å². The number of aromatic nitrogens is 1. The number of fused-ring (bicyclic) bond motifs is 1. The van der Waals surface area contributed by atoms with Gasteiger partial charge in [0.2, 0.25) is 0 Å². The molecule has 0 aliphatic heterocycles. The number of aromatic carboxylic acids is 1. The quantitative estimate of drug-likeness (QED) is 0.788. The average molecular weight is 217 g/mol. The van der Waals surface area contributed by atoms with Gasteiger partial charge in [-0.3, -0.25) is 4.79 Å². The van der Waals surface area contributed by atoms with Crippen LogP contribution in [0.15, 0.2) is 29.2 Å². The van der Waals surface area contributed by atoms with Gasteiger partial charge in [-0.15, -0.1) is 0 Å². The van der Waals surface area contributed by atoms with Crippen LogP contribution in [0.25, 0.3) is 10.8 Å². The van der Waals surface area contributed by atoms with Gasteiger partial charge < -0.3 is 9.67 Å². The van der Waals surface area contributed by atoms with Gasteiger partial charge in [0.1, 0.15) is 0 Å². The second kappa shape index (κ2) is 3.48. The largest absolute Gasteiger partial charge is 0.478 e. The van der Waals surface area contributed by atoms with E-state index in [1.165, 1.54) is 16.7 Å². The van der Waals surface area contributed by atoms with Crippen LogP contribution in [-0.4, -0.2) is 15.6 Å². The fourth-order valence-electron chi connectivity index (χ4n) is 1.81. The molecule has 0 saturated heterocycles. The lowest BCUT2D eigenvalue weighted by molar-refractivity contribution is 0.0697. The van der Waals surface area contributed by atoms with Crippen molar-refractivity contribution in [3.63, 3.8) is 0 Å². The van der Waals surface area contributed by atoms with Gasteiger partial charge in [0.25, 0.3) is 5.56 Å². The Morgan fingerprint density at radius 1 is 1.31 bits per heavy atom. The zero-order valence-electron chi connectivity index (χ0n) is 9.02. The average Bonchev–Trinajstić information content (AvgIpc) is 2.25. The number of carboxylic acid groups (broad SMARTS) is 1. The maximum Gasteiger partial charge on any atom is 0.335 e. The molecule has 0 fully saturated rings. The molecule has 0 radical (unpaired) electrons. The zero-order chi connectivity index (χ0) is 11.9. The van der Waals surface area contributed by atoms with Gasteiger partial charge in [0.15, 0.2) is 0 Å². The summed E-state index contributed by atoms with van der Waals surface area (Å²) < 4.78 is 1.46. The van der Waals surface area contributed by atoms with Crippen molar-refractivity contribution in [2.24, 2.45) is 7.05 Å². The van der Waals surface area contributed by atoms with Crippen LogP contribution in [0.1, 0.15) is 15.9 Å². The van der Waals surface area contributed by atoms with Gasteiger partial charge >= 0.3 is 5.97 Å². The molecule has 0 saturated carbocycles. The number of aryl methyl sites for hydroxylation is 2. The van der Waals surface area contributed by atoms with E-state index >= 15 is 0 Å². The first-order chi connectivity index (χ1) is 7.50. The summed E-state index contributed by atoms with van der Waals surface area (Å²) in [4.78, 5) is 22.6. The molecule has 0 amide bonds. The summed E-state index contributed by atoms with van der Waals surface area (Å²) in [6.45, 7) is 1.89. The van der Waals surface area contributed by atoms with E-state index in [1.54, 1.807) is 19.3 Å². The molecule has 82 valence electrons. The van der Waals surface area contributed by atoms with Crippen molar-refractivity contribution in [3.8, 4) is 0 Å². The Labute approximate surface area is 91.8 Å². The third-order valence-corrected chi connectivity index (χ3v) is 2.63. The molecule has 1 aromatic heterocycles. The normalized spacial score (nSPS) is 10.6. The summed E-state index contributed by atoms with van der Waals surface area (Å²) in [5.74, 6) is -1.02. The number of hydrogen-bond acceptors (Lipinski definition) is 2. The third-order valence-electron chi connectivity index (χ3n) is 2.63. The van der Waals surface area contributed by atoms with Crippen LogP contribution in [0, 0.1) is 6.92 Å². The maximum absolute atomic E-state index is 11.8. The Bertz CT molecular complexity index is 640. The van der Waals surface area contributed by atoms with Gasteiger partial charge in [0.05, 0.1) is 5.56 Å². The molecule has 1 N–H and O–H groups in total. The maximum atomic E-state index is 11.8. The third kappa shape index (κ3) is 1.48. The summed E-state index contributed by atoms with van der Waals surface area (Å²) in [5.41, 5.74) is 0.910. The number of benzene rings is 1. The highest BCUT2D eigenvalue weighted by Crippen LogP contribution is 2.16. The van der Waals surface area contributed by atoms with Gasteiger partial charge in [0, 0.05) is 18.6 Å². The Balaban J connectivity index is 2.92. The van der Waals surface area contributed by atoms with Crippen LogP contribution in [0.3, 0.4) is 0 Å². The zero-order valence-corrected chi connectivity index (χ0v) is 9.02. The number of pyridine rings is 1. The van der Waals surface area contributed by atoms with Gasteiger partial charge in [-0.1, -0.05) is 6.07 Å². The molecule has 4 heteroatoms. The monoisotopic (exact) mass is 217 g/mol. The number of nitrogens with zero attached hydrogens (tertiary/aromatic N) is 1. The molecule has 1 aromatic carbocycles. The number of hydrogen-bond donors (Lipinski definition) is 1. The molecule has 16 heavy (non-hydrogen) atoms. The highest BCUT2D eigenvalue weighted by atomic mass is 16.4. The molecule has 1 heterocycles. The molecule has 2 rings (SSSR count). The lowest BCUT2D eigenvalue weighted by Gasteiger charge is -2.06. The van der Waals surface area contributed by atoms with E-state index in [0.29, 0.717) is 5.39 Å². The van der Waals surface area contributed by atoms with Crippen molar-refractivity contribution in [2.45, 2.75) is 6.92 Å². The van der Waals surface area contributed by atoms with E-state index in [4.69, 9.17) is 5.11 Å². The van der Waals surface area contributed by atoms with E-state index in [1.807, 2.05) is 6.92 Å². The van der Waals surface area contributed by atoms with Crippen LogP contribution in [0.5, 0.6) is 0 Å². The number of carbonyl (C=O) groups is 1. The minimum Gasteiger partial charge on any atom is -0.478 e. The summed E-state index contributed by atoms with van der Waals surface area (Å²) in [6, 6.07) is 4.61. The first-order valence-corrected chi connectivity index (χ1v) is 4.84. The van der Waals surface area contributed by atoms with Crippen molar-refractivity contribution < 1.29 is 9.90 Å². The van der Waals surface area contributed by atoms with Crippen molar-refractivity contribution in [2.75, 3.05) is 0 Å². The summed E-state index contributed by atoms with van der Waals surface area (Å²) in [6.07, 6.45) is 1.74. The van der Waals surface area contributed by atoms with Crippen molar-refractivity contribution in [1.82, 2.24) is 4.57 Å². The Hall–Kier alpha value is -2.10. The molecule has 4 nitrogen and oxygen atoms in total. The predicted molar refractivity (Wildman–Crippen MR) is 60.9 cm³/mol. The van der Waals surface area contributed by atoms with E-state index in [-0.39, 0.29) is 11.1 Å². The highest BCUT2D eigenvalue weighted by molar-refractivity contribution is 5.94. The second-order valence-electron chi connectivity index (χ2n) is 3.79. The van der Waals surface area contributed by atoms with Crippen molar-refractivity contribution >= 4 is 16.7 Å². The Morgan fingerprint density at radius 3 is 2.62 bits per heavy atom. The van der Waals surface area contributed by atoms with Crippen molar-refractivity contribution in [3.05, 3.63) is 45.9 Å². The molecule has 2 aromatic rings. The lowest BCUT2D eigenvalue weighted by Crippen LogP contribution is -2.17. The fourth-order valence-corrected chi connectivity index (χ4v) is 1.81. The smallest absolute Gasteiger partial charge is 0.335 e. The first kappa shape index (κ1) is 10.4. The van der Waals surface area contributed by atoms with Crippen LogP contribution in [0.4, 0.5) is 0 Å². The summed E-state index contributed by atoms with van der Waals surface area (Å²) in [5, 5.41) is 10.1. The summed E-state index contributed by atoms with van der Waals surface area (Å²) >= 11 is 0. The van der Waals surface area contributed by atoms with Gasteiger partial charge in [-0.05, 0) is 30.0 Å². The number of rotatable bonds is 1. The minimum absolute atomic E-state index is 0.134. The molecule has 0 bridgehead atoms. The standard InChI is InChI=1S/C12H11NO3/c1-7-6-13(2)11(14)10-5-8(12(15)16)3-4-9(7)10/h3-6H,1-2H3,(H,15,16). The van der Waals surface area contributed by atoms with E-state index in [9.17, 15) is 9.59 Å². The van der Waals surface area contributed by atoms with Crippen LogP contribution in [-0.2, 0) is 7.05 Å². The SMILES string of the molecule is Cc1cn(C)c(=O)c2cc(C(=O)O)ccc12. The second-order valence-corrected chi connectivity index (χ2v) is 3.79. The fraction of sp³-hybridized carbons (Fsp3) is 0.167. The molecular weight excluding hydrogens is 206 g/mol. The molecule has 0 aliphatic carbocycles. The van der Waals surface area contributed by atoms with E-state index in [2.05, 4.69) is 0 Å². The Morgan fingerprint density at radius 2 is 2.00 bits per heavy atom. The predicted octanol–water partition coefficient (Wildman–Crippen LogP) is 1.55. The van der Waals surface area contributed by atoms with Crippen LogP contribution < -0.4 is 5.56 Å². The summed E-state index contributed by atoms with van der Waals surface area (Å²) in [7, 11) is 1.65. The number of carboxylic acids is 1.